The van der Waals surface area contributed by atoms with Crippen LogP contribution in [0.25, 0.3) is 0 Å². The molecule has 2 aromatic heterocycles. The van der Waals surface area contributed by atoms with E-state index in [2.05, 4.69) is 34.7 Å². The summed E-state index contributed by atoms with van der Waals surface area (Å²) in [6.07, 6.45) is 0. The Kier molecular flexibility index (Phi) is 4.24. The van der Waals surface area contributed by atoms with Crippen molar-refractivity contribution in [1.29, 1.82) is 0 Å². The van der Waals surface area contributed by atoms with Crippen LogP contribution in [0.1, 0.15) is 21.4 Å². The minimum absolute atomic E-state index is 0.375. The van der Waals surface area contributed by atoms with Crippen LogP contribution in [0.3, 0.4) is 0 Å². The highest BCUT2D eigenvalue weighted by molar-refractivity contribution is 7.16. The van der Waals surface area contributed by atoms with Gasteiger partial charge in [-0.05, 0) is 36.1 Å². The van der Waals surface area contributed by atoms with Crippen LogP contribution < -0.4 is 5.32 Å². The van der Waals surface area contributed by atoms with Crippen molar-refractivity contribution >= 4 is 34.3 Å². The monoisotopic (exact) mass is 312 g/mol. The van der Waals surface area contributed by atoms with Crippen LogP contribution in [0.2, 0.25) is 4.34 Å². The second kappa shape index (κ2) is 5.94. The van der Waals surface area contributed by atoms with Gasteiger partial charge in [-0.3, -0.25) is 4.90 Å². The molecule has 1 unspecified atom stereocenters. The van der Waals surface area contributed by atoms with Crippen LogP contribution in [0.5, 0.6) is 0 Å². The zero-order valence-corrected chi connectivity index (χ0v) is 13.2. The Balaban J connectivity index is 1.97. The second-order valence-electron chi connectivity index (χ2n) is 4.80. The lowest BCUT2D eigenvalue weighted by molar-refractivity contribution is 0.202. The molecule has 2 nitrogen and oxygen atoms in total. The summed E-state index contributed by atoms with van der Waals surface area (Å²) in [7, 11) is 0. The van der Waals surface area contributed by atoms with E-state index in [-0.39, 0.29) is 0 Å². The summed E-state index contributed by atoms with van der Waals surface area (Å²) >= 11 is 9.70. The van der Waals surface area contributed by atoms with Gasteiger partial charge in [0.2, 0.25) is 0 Å². The standard InChI is InChI=1S/C14H17ClN2S2/c1-10-4-9-18-14(10)13(11-2-3-12(15)19-11)17-7-5-16-6-8-17/h2-4,9,13,16H,5-8H2,1H3. The van der Waals surface area contributed by atoms with E-state index in [1.54, 1.807) is 11.3 Å². The smallest absolute Gasteiger partial charge is 0.0931 e. The molecule has 1 atom stereocenters. The molecule has 5 heteroatoms. The molecule has 102 valence electrons. The Hall–Kier alpha value is -0.390. The molecule has 0 aromatic carbocycles. The van der Waals surface area contributed by atoms with E-state index in [4.69, 9.17) is 11.6 Å². The van der Waals surface area contributed by atoms with E-state index in [1.165, 1.54) is 15.3 Å². The van der Waals surface area contributed by atoms with Gasteiger partial charge in [-0.25, -0.2) is 0 Å². The first kappa shape index (κ1) is 13.6. The predicted molar refractivity (Wildman–Crippen MR) is 84.7 cm³/mol. The summed E-state index contributed by atoms with van der Waals surface area (Å²) in [5.41, 5.74) is 1.39. The van der Waals surface area contributed by atoms with E-state index in [9.17, 15) is 0 Å². The first-order valence-electron chi connectivity index (χ1n) is 6.49. The molecule has 1 saturated heterocycles. The quantitative estimate of drug-likeness (QED) is 0.928. The molecule has 3 heterocycles. The van der Waals surface area contributed by atoms with Crippen LogP contribution in [0.4, 0.5) is 0 Å². The van der Waals surface area contributed by atoms with E-state index < -0.39 is 0 Å². The molecule has 0 aliphatic carbocycles. The molecule has 1 N–H and O–H groups in total. The summed E-state index contributed by atoms with van der Waals surface area (Å²) in [5, 5.41) is 5.61. The number of rotatable bonds is 3. The van der Waals surface area contributed by atoms with Crippen LogP contribution in [0, 0.1) is 6.92 Å². The number of hydrogen-bond donors (Lipinski definition) is 1. The fourth-order valence-electron chi connectivity index (χ4n) is 2.56. The van der Waals surface area contributed by atoms with Crippen molar-refractivity contribution in [3.05, 3.63) is 43.2 Å². The molecule has 1 fully saturated rings. The van der Waals surface area contributed by atoms with Gasteiger partial charge in [0.05, 0.1) is 10.4 Å². The molecule has 0 bridgehead atoms. The normalized spacial score (nSPS) is 18.6. The molecule has 0 spiro atoms. The van der Waals surface area contributed by atoms with Gasteiger partial charge in [0.25, 0.3) is 0 Å². The first-order chi connectivity index (χ1) is 9.25. The lowest BCUT2D eigenvalue weighted by Gasteiger charge is -2.34. The predicted octanol–water partition coefficient (Wildman–Crippen LogP) is 3.77. The summed E-state index contributed by atoms with van der Waals surface area (Å²) in [5.74, 6) is 0. The van der Waals surface area contributed by atoms with Crippen LogP contribution in [-0.2, 0) is 0 Å². The number of thiophene rings is 2. The van der Waals surface area contributed by atoms with Crippen molar-refractivity contribution in [2.24, 2.45) is 0 Å². The van der Waals surface area contributed by atoms with Gasteiger partial charge >= 0.3 is 0 Å². The molecular formula is C14H17ClN2S2. The molecular weight excluding hydrogens is 296 g/mol. The molecule has 3 rings (SSSR count). The maximum Gasteiger partial charge on any atom is 0.0931 e. The third kappa shape index (κ3) is 2.88. The number of nitrogens with zero attached hydrogens (tertiary/aromatic N) is 1. The van der Waals surface area contributed by atoms with Gasteiger partial charge in [0.15, 0.2) is 0 Å². The molecule has 19 heavy (non-hydrogen) atoms. The van der Waals surface area contributed by atoms with Gasteiger partial charge in [-0.2, -0.15) is 0 Å². The minimum Gasteiger partial charge on any atom is -0.314 e. The summed E-state index contributed by atoms with van der Waals surface area (Å²) < 4.78 is 0.879. The minimum atomic E-state index is 0.375. The molecule has 0 saturated carbocycles. The maximum atomic E-state index is 6.14. The molecule has 0 radical (unpaired) electrons. The lowest BCUT2D eigenvalue weighted by Crippen LogP contribution is -2.45. The molecule has 1 aliphatic heterocycles. The summed E-state index contributed by atoms with van der Waals surface area (Å²) in [6, 6.07) is 6.78. The van der Waals surface area contributed by atoms with Crippen molar-refractivity contribution in [2.75, 3.05) is 26.2 Å². The van der Waals surface area contributed by atoms with E-state index in [0.717, 1.165) is 30.5 Å². The Bertz CT molecular complexity index is 543. The third-order valence-corrected chi connectivity index (χ3v) is 5.89. The van der Waals surface area contributed by atoms with Gasteiger partial charge < -0.3 is 5.32 Å². The fraction of sp³-hybridized carbons (Fsp3) is 0.429. The number of halogens is 1. The number of hydrogen-bond acceptors (Lipinski definition) is 4. The van der Waals surface area contributed by atoms with Gasteiger partial charge in [-0.15, -0.1) is 22.7 Å². The molecule has 1 aliphatic rings. The zero-order chi connectivity index (χ0) is 13.2. The van der Waals surface area contributed by atoms with Crippen LogP contribution in [-0.4, -0.2) is 31.1 Å². The van der Waals surface area contributed by atoms with Gasteiger partial charge in [0.1, 0.15) is 0 Å². The Morgan fingerprint density at radius 2 is 2.05 bits per heavy atom. The van der Waals surface area contributed by atoms with Crippen molar-refractivity contribution < 1.29 is 0 Å². The average Bonchev–Trinajstić information content (AvgIpc) is 3.02. The number of aryl methyl sites for hydroxylation is 1. The average molecular weight is 313 g/mol. The Morgan fingerprint density at radius 1 is 1.26 bits per heavy atom. The van der Waals surface area contributed by atoms with E-state index >= 15 is 0 Å². The van der Waals surface area contributed by atoms with Crippen molar-refractivity contribution in [3.8, 4) is 0 Å². The lowest BCUT2D eigenvalue weighted by atomic mass is 10.1. The second-order valence-corrected chi connectivity index (χ2v) is 7.49. The topological polar surface area (TPSA) is 15.3 Å². The van der Waals surface area contributed by atoms with E-state index in [1.807, 2.05) is 17.4 Å². The third-order valence-electron chi connectivity index (χ3n) is 3.53. The highest BCUT2D eigenvalue weighted by Gasteiger charge is 2.27. The maximum absolute atomic E-state index is 6.14. The highest BCUT2D eigenvalue weighted by atomic mass is 35.5. The summed E-state index contributed by atoms with van der Waals surface area (Å²) in [6.45, 7) is 6.53. The van der Waals surface area contributed by atoms with Crippen molar-refractivity contribution in [3.63, 3.8) is 0 Å². The van der Waals surface area contributed by atoms with E-state index in [0.29, 0.717) is 6.04 Å². The SMILES string of the molecule is Cc1ccsc1C(c1ccc(Cl)s1)N1CCNCC1. The largest absolute Gasteiger partial charge is 0.314 e. The zero-order valence-electron chi connectivity index (χ0n) is 10.9. The van der Waals surface area contributed by atoms with Crippen molar-refractivity contribution in [2.45, 2.75) is 13.0 Å². The van der Waals surface area contributed by atoms with Gasteiger partial charge in [-0.1, -0.05) is 11.6 Å². The van der Waals surface area contributed by atoms with Crippen molar-refractivity contribution in [1.82, 2.24) is 10.2 Å². The fourth-order valence-corrected chi connectivity index (χ4v) is 4.91. The Morgan fingerprint density at radius 3 is 2.63 bits per heavy atom. The number of nitrogens with one attached hydrogen (secondary N) is 1. The molecule has 0 amide bonds. The van der Waals surface area contributed by atoms with Crippen LogP contribution in [0.15, 0.2) is 23.6 Å². The Labute approximate surface area is 127 Å². The highest BCUT2D eigenvalue weighted by Crippen LogP contribution is 2.38. The summed E-state index contributed by atoms with van der Waals surface area (Å²) in [4.78, 5) is 5.38. The van der Waals surface area contributed by atoms with Gasteiger partial charge in [0, 0.05) is 35.9 Å². The number of piperazine rings is 1. The molecule has 2 aromatic rings. The van der Waals surface area contributed by atoms with Crippen LogP contribution >= 0.6 is 34.3 Å². The first-order valence-corrected chi connectivity index (χ1v) is 8.57.